The topological polar surface area (TPSA) is 57.6 Å². The number of carboxylic acid groups (broad SMARTS) is 1. The lowest BCUT2D eigenvalue weighted by atomic mass is 10.1. The number of hydrogen-bond donors (Lipinski definition) is 1. The van der Waals surface area contributed by atoms with Crippen molar-refractivity contribution in [3.05, 3.63) is 33.8 Å². The lowest BCUT2D eigenvalue weighted by Gasteiger charge is -2.22. The highest BCUT2D eigenvalue weighted by molar-refractivity contribution is 9.10. The smallest absolute Gasteiger partial charge is 0.335 e. The van der Waals surface area contributed by atoms with Crippen LogP contribution < -0.4 is 0 Å². The molecule has 1 saturated carbocycles. The van der Waals surface area contributed by atoms with E-state index in [1.54, 1.807) is 6.07 Å². The first-order valence-corrected chi connectivity index (χ1v) is 7.17. The first kappa shape index (κ1) is 14.1. The summed E-state index contributed by atoms with van der Waals surface area (Å²) >= 11 is 3.26. The number of halogens is 1. The van der Waals surface area contributed by atoms with E-state index in [-0.39, 0.29) is 11.5 Å². The van der Waals surface area contributed by atoms with Gasteiger partial charge in [0.2, 0.25) is 0 Å². The Kier molecular flexibility index (Phi) is 4.24. The van der Waals surface area contributed by atoms with Gasteiger partial charge in [-0.2, -0.15) is 0 Å². The number of nitrogens with zero attached hydrogens (tertiary/aromatic N) is 1. The van der Waals surface area contributed by atoms with E-state index in [1.165, 1.54) is 12.1 Å². The number of hydrogen-bond acceptors (Lipinski definition) is 2. The van der Waals surface area contributed by atoms with Crippen molar-refractivity contribution >= 4 is 27.8 Å². The Labute approximate surface area is 120 Å². The second kappa shape index (κ2) is 5.74. The van der Waals surface area contributed by atoms with Gasteiger partial charge in [0.25, 0.3) is 5.91 Å². The number of amides is 1. The summed E-state index contributed by atoms with van der Waals surface area (Å²) in [6, 6.07) is 4.96. The molecule has 0 unspecified atom stereocenters. The van der Waals surface area contributed by atoms with Gasteiger partial charge in [-0.15, -0.1) is 0 Å². The van der Waals surface area contributed by atoms with Crippen LogP contribution >= 0.6 is 15.9 Å². The zero-order valence-corrected chi connectivity index (χ0v) is 12.3. The van der Waals surface area contributed by atoms with Crippen LogP contribution in [0.15, 0.2) is 22.7 Å². The summed E-state index contributed by atoms with van der Waals surface area (Å²) in [4.78, 5) is 25.3. The Hall–Kier alpha value is -1.36. The fourth-order valence-electron chi connectivity index (χ4n) is 2.08. The van der Waals surface area contributed by atoms with Gasteiger partial charge in [0.1, 0.15) is 0 Å². The van der Waals surface area contributed by atoms with E-state index in [9.17, 15) is 9.59 Å². The van der Waals surface area contributed by atoms with Gasteiger partial charge in [-0.3, -0.25) is 4.79 Å². The second-order valence-electron chi connectivity index (χ2n) is 4.76. The Morgan fingerprint density at radius 2 is 1.95 bits per heavy atom. The van der Waals surface area contributed by atoms with Gasteiger partial charge < -0.3 is 10.0 Å². The average Bonchev–Trinajstić information content (AvgIpc) is 3.18. The van der Waals surface area contributed by atoms with E-state index < -0.39 is 5.97 Å². The molecular formula is C14H16BrNO3. The summed E-state index contributed by atoms with van der Waals surface area (Å²) < 4.78 is 0.614. The van der Waals surface area contributed by atoms with Gasteiger partial charge >= 0.3 is 5.97 Å². The Balaban J connectivity index is 2.28. The molecule has 0 bridgehead atoms. The molecule has 4 nitrogen and oxygen atoms in total. The van der Waals surface area contributed by atoms with E-state index in [0.717, 1.165) is 25.8 Å². The van der Waals surface area contributed by atoms with Gasteiger partial charge in [0, 0.05) is 22.6 Å². The zero-order chi connectivity index (χ0) is 14.0. The van der Waals surface area contributed by atoms with Gasteiger partial charge in [-0.05, 0) is 37.5 Å². The molecule has 1 aromatic carbocycles. The second-order valence-corrected chi connectivity index (χ2v) is 5.68. The summed E-state index contributed by atoms with van der Waals surface area (Å²) in [7, 11) is 0. The predicted molar refractivity (Wildman–Crippen MR) is 75.5 cm³/mol. The van der Waals surface area contributed by atoms with E-state index in [0.29, 0.717) is 16.1 Å². The molecule has 1 fully saturated rings. The third-order valence-corrected chi connectivity index (χ3v) is 3.56. The monoisotopic (exact) mass is 325 g/mol. The van der Waals surface area contributed by atoms with Crippen LogP contribution in [0.1, 0.15) is 46.9 Å². The highest BCUT2D eigenvalue weighted by atomic mass is 79.9. The molecule has 0 aromatic heterocycles. The maximum Gasteiger partial charge on any atom is 0.335 e. The first-order valence-electron chi connectivity index (χ1n) is 6.37. The minimum Gasteiger partial charge on any atom is -0.478 e. The lowest BCUT2D eigenvalue weighted by Crippen LogP contribution is -2.33. The zero-order valence-electron chi connectivity index (χ0n) is 10.7. The molecule has 102 valence electrons. The fraction of sp³-hybridized carbons (Fsp3) is 0.429. The molecule has 19 heavy (non-hydrogen) atoms. The van der Waals surface area contributed by atoms with Crippen LogP contribution in [0.25, 0.3) is 0 Å². The van der Waals surface area contributed by atoms with Crippen molar-refractivity contribution in [3.63, 3.8) is 0 Å². The Morgan fingerprint density at radius 3 is 2.47 bits per heavy atom. The predicted octanol–water partition coefficient (Wildman–Crippen LogP) is 3.16. The Bertz CT molecular complexity index is 511. The van der Waals surface area contributed by atoms with Crippen molar-refractivity contribution < 1.29 is 14.7 Å². The molecule has 1 aliphatic carbocycles. The number of aromatic carboxylic acids is 1. The SMILES string of the molecule is CCCN(C(=O)c1cc(Br)cc(C(=O)O)c1)C1CC1. The normalized spacial score (nSPS) is 14.2. The largest absolute Gasteiger partial charge is 0.478 e. The van der Waals surface area contributed by atoms with Crippen LogP contribution in [0, 0.1) is 0 Å². The molecule has 1 aliphatic rings. The van der Waals surface area contributed by atoms with E-state index >= 15 is 0 Å². The van der Waals surface area contributed by atoms with Gasteiger partial charge in [-0.1, -0.05) is 22.9 Å². The number of carboxylic acids is 1. The minimum absolute atomic E-state index is 0.0758. The Morgan fingerprint density at radius 1 is 1.32 bits per heavy atom. The van der Waals surface area contributed by atoms with Crippen molar-refractivity contribution in [1.82, 2.24) is 4.90 Å². The molecule has 0 saturated heterocycles. The fourth-order valence-corrected chi connectivity index (χ4v) is 2.57. The number of benzene rings is 1. The van der Waals surface area contributed by atoms with Crippen molar-refractivity contribution in [2.45, 2.75) is 32.2 Å². The van der Waals surface area contributed by atoms with Gasteiger partial charge in [0.05, 0.1) is 5.56 Å². The summed E-state index contributed by atoms with van der Waals surface area (Å²) in [5.74, 6) is -1.10. The third kappa shape index (κ3) is 3.35. The summed E-state index contributed by atoms with van der Waals surface area (Å²) in [6.45, 7) is 2.75. The van der Waals surface area contributed by atoms with Crippen LogP contribution in [0.5, 0.6) is 0 Å². The molecule has 0 spiro atoms. The van der Waals surface area contributed by atoms with Crippen molar-refractivity contribution in [1.29, 1.82) is 0 Å². The molecular weight excluding hydrogens is 310 g/mol. The quantitative estimate of drug-likeness (QED) is 0.904. The molecule has 5 heteroatoms. The summed E-state index contributed by atoms with van der Waals surface area (Å²) in [5, 5.41) is 9.03. The van der Waals surface area contributed by atoms with Crippen molar-refractivity contribution in [2.75, 3.05) is 6.54 Å². The molecule has 0 radical (unpaired) electrons. The molecule has 0 aliphatic heterocycles. The van der Waals surface area contributed by atoms with Gasteiger partial charge in [0.15, 0.2) is 0 Å². The van der Waals surface area contributed by atoms with Crippen LogP contribution in [0.2, 0.25) is 0 Å². The number of carbonyl (C=O) groups is 2. The van der Waals surface area contributed by atoms with Crippen LogP contribution in [0.3, 0.4) is 0 Å². The highest BCUT2D eigenvalue weighted by Gasteiger charge is 2.32. The first-order chi connectivity index (χ1) is 9.02. The standard InChI is InChI=1S/C14H16BrNO3/c1-2-5-16(12-3-4-12)13(17)9-6-10(14(18)19)8-11(15)7-9/h6-8,12H,2-5H2,1H3,(H,18,19). The van der Waals surface area contributed by atoms with Crippen LogP contribution in [0.4, 0.5) is 0 Å². The molecule has 2 rings (SSSR count). The van der Waals surface area contributed by atoms with Crippen molar-refractivity contribution in [3.8, 4) is 0 Å². The molecule has 1 amide bonds. The molecule has 0 atom stereocenters. The number of rotatable bonds is 5. The minimum atomic E-state index is -1.02. The lowest BCUT2D eigenvalue weighted by molar-refractivity contribution is 0.0697. The molecule has 1 aromatic rings. The van der Waals surface area contributed by atoms with E-state index in [4.69, 9.17) is 5.11 Å². The van der Waals surface area contributed by atoms with E-state index in [1.807, 2.05) is 11.8 Å². The van der Waals surface area contributed by atoms with Crippen LogP contribution in [-0.4, -0.2) is 34.5 Å². The molecule has 0 heterocycles. The highest BCUT2D eigenvalue weighted by Crippen LogP contribution is 2.29. The van der Waals surface area contributed by atoms with E-state index in [2.05, 4.69) is 15.9 Å². The van der Waals surface area contributed by atoms with Crippen molar-refractivity contribution in [2.24, 2.45) is 0 Å². The van der Waals surface area contributed by atoms with Crippen LogP contribution in [-0.2, 0) is 0 Å². The average molecular weight is 326 g/mol. The maximum absolute atomic E-state index is 12.5. The summed E-state index contributed by atoms with van der Waals surface area (Å²) in [5.41, 5.74) is 0.567. The number of carbonyl (C=O) groups excluding carboxylic acids is 1. The summed E-state index contributed by atoms with van der Waals surface area (Å²) in [6.07, 6.45) is 3.00. The third-order valence-electron chi connectivity index (χ3n) is 3.10. The maximum atomic E-state index is 12.5. The van der Waals surface area contributed by atoms with Gasteiger partial charge in [-0.25, -0.2) is 4.79 Å². The molecule has 1 N–H and O–H groups in total.